The molecular formula is C8H16O3. The zero-order chi connectivity index (χ0) is 8.10. The highest BCUT2D eigenvalue weighted by Crippen LogP contribution is 2.21. The first-order chi connectivity index (χ1) is 5.33. The minimum Gasteiger partial charge on any atom is -0.388 e. The number of aliphatic hydroxyl groups is 1. The van der Waals surface area contributed by atoms with Gasteiger partial charge in [-0.15, -0.1) is 0 Å². The van der Waals surface area contributed by atoms with E-state index in [9.17, 15) is 0 Å². The van der Waals surface area contributed by atoms with E-state index in [1.165, 1.54) is 6.42 Å². The number of aliphatic hydroxyl groups excluding tert-OH is 1. The van der Waals surface area contributed by atoms with Crippen LogP contribution in [0.25, 0.3) is 0 Å². The van der Waals surface area contributed by atoms with Crippen LogP contribution >= 0.6 is 0 Å². The molecule has 0 aliphatic heterocycles. The van der Waals surface area contributed by atoms with E-state index in [0.717, 1.165) is 12.8 Å². The predicted octanol–water partition coefficient (Wildman–Crippen LogP) is 0.563. The first-order valence-corrected chi connectivity index (χ1v) is 4.11. The Hall–Kier alpha value is -0.120. The van der Waals surface area contributed by atoms with E-state index in [1.807, 2.05) is 0 Å². The van der Waals surface area contributed by atoms with E-state index in [1.54, 1.807) is 7.11 Å². The van der Waals surface area contributed by atoms with Gasteiger partial charge in [0.05, 0.1) is 19.3 Å². The van der Waals surface area contributed by atoms with Gasteiger partial charge in [0.1, 0.15) is 6.10 Å². The van der Waals surface area contributed by atoms with Crippen LogP contribution in [0.15, 0.2) is 0 Å². The normalized spacial score (nSPS) is 21.3. The fraction of sp³-hybridized carbons (Fsp3) is 1.00. The quantitative estimate of drug-likeness (QED) is 0.638. The zero-order valence-electron chi connectivity index (χ0n) is 6.95. The Morgan fingerprint density at radius 3 is 2.64 bits per heavy atom. The smallest absolute Gasteiger partial charge is 0.101 e. The van der Waals surface area contributed by atoms with E-state index in [2.05, 4.69) is 0 Å². The van der Waals surface area contributed by atoms with Crippen LogP contribution in [0.2, 0.25) is 0 Å². The second-order valence-corrected chi connectivity index (χ2v) is 3.00. The lowest BCUT2D eigenvalue weighted by Gasteiger charge is -2.26. The molecule has 0 spiro atoms. The van der Waals surface area contributed by atoms with Crippen molar-refractivity contribution >= 4 is 0 Å². The van der Waals surface area contributed by atoms with Crippen molar-refractivity contribution in [1.29, 1.82) is 0 Å². The SMILES string of the molecule is COCC(O)COC1CCC1. The molecule has 3 nitrogen and oxygen atoms in total. The highest BCUT2D eigenvalue weighted by Gasteiger charge is 2.18. The molecule has 66 valence electrons. The van der Waals surface area contributed by atoms with Crippen LogP contribution in [0.3, 0.4) is 0 Å². The molecule has 0 heterocycles. The fourth-order valence-electron chi connectivity index (χ4n) is 1.03. The lowest BCUT2D eigenvalue weighted by molar-refractivity contribution is -0.0598. The Bertz CT molecular complexity index is 102. The van der Waals surface area contributed by atoms with Gasteiger partial charge < -0.3 is 14.6 Å². The third-order valence-electron chi connectivity index (χ3n) is 1.94. The largest absolute Gasteiger partial charge is 0.388 e. The average molecular weight is 160 g/mol. The summed E-state index contributed by atoms with van der Waals surface area (Å²) in [6.07, 6.45) is 3.52. The van der Waals surface area contributed by atoms with Gasteiger partial charge in [-0.05, 0) is 19.3 Å². The molecule has 1 N–H and O–H groups in total. The molecule has 0 aromatic rings. The van der Waals surface area contributed by atoms with Gasteiger partial charge in [0.2, 0.25) is 0 Å². The van der Waals surface area contributed by atoms with Gasteiger partial charge in [-0.1, -0.05) is 0 Å². The molecule has 1 aliphatic rings. The number of hydrogen-bond acceptors (Lipinski definition) is 3. The van der Waals surface area contributed by atoms with Crippen molar-refractivity contribution in [2.45, 2.75) is 31.5 Å². The van der Waals surface area contributed by atoms with Gasteiger partial charge in [0.25, 0.3) is 0 Å². The Morgan fingerprint density at radius 2 is 2.18 bits per heavy atom. The summed E-state index contributed by atoms with van der Waals surface area (Å²) in [6.45, 7) is 0.783. The summed E-state index contributed by atoms with van der Waals surface area (Å²) in [5, 5.41) is 9.17. The van der Waals surface area contributed by atoms with E-state index in [0.29, 0.717) is 19.3 Å². The molecule has 0 aromatic carbocycles. The molecule has 0 saturated heterocycles. The van der Waals surface area contributed by atoms with Gasteiger partial charge in [-0.2, -0.15) is 0 Å². The van der Waals surface area contributed by atoms with E-state index < -0.39 is 6.10 Å². The molecule has 0 bridgehead atoms. The number of rotatable bonds is 5. The van der Waals surface area contributed by atoms with Crippen LogP contribution < -0.4 is 0 Å². The third kappa shape index (κ3) is 3.18. The van der Waals surface area contributed by atoms with Crippen LogP contribution in [0, 0.1) is 0 Å². The molecule has 11 heavy (non-hydrogen) atoms. The topological polar surface area (TPSA) is 38.7 Å². The maximum atomic E-state index is 9.17. The molecule has 0 amide bonds. The minimum atomic E-state index is -0.458. The summed E-state index contributed by atoms with van der Waals surface area (Å²) >= 11 is 0. The maximum absolute atomic E-state index is 9.17. The molecule has 1 rings (SSSR count). The number of hydrogen-bond donors (Lipinski definition) is 1. The summed E-state index contributed by atoms with van der Waals surface area (Å²) in [5.74, 6) is 0. The lowest BCUT2D eigenvalue weighted by atomic mass is 9.96. The van der Waals surface area contributed by atoms with Crippen molar-refractivity contribution in [2.75, 3.05) is 20.3 Å². The van der Waals surface area contributed by atoms with E-state index in [-0.39, 0.29) is 0 Å². The van der Waals surface area contributed by atoms with Crippen molar-refractivity contribution in [1.82, 2.24) is 0 Å². The second-order valence-electron chi connectivity index (χ2n) is 3.00. The predicted molar refractivity (Wildman–Crippen MR) is 41.5 cm³/mol. The standard InChI is InChI=1S/C8H16O3/c1-10-5-7(9)6-11-8-3-2-4-8/h7-9H,2-6H2,1H3. The molecule has 1 saturated carbocycles. The van der Waals surface area contributed by atoms with Crippen molar-refractivity contribution in [3.63, 3.8) is 0 Å². The Kier molecular flexibility index (Phi) is 3.83. The van der Waals surface area contributed by atoms with Crippen LogP contribution in [0.1, 0.15) is 19.3 Å². The van der Waals surface area contributed by atoms with Crippen LogP contribution in [-0.2, 0) is 9.47 Å². The highest BCUT2D eigenvalue weighted by atomic mass is 16.5. The van der Waals surface area contributed by atoms with Crippen molar-refractivity contribution in [2.24, 2.45) is 0 Å². The first-order valence-electron chi connectivity index (χ1n) is 4.11. The summed E-state index contributed by atoms with van der Waals surface area (Å²) in [7, 11) is 1.58. The van der Waals surface area contributed by atoms with E-state index >= 15 is 0 Å². The zero-order valence-corrected chi connectivity index (χ0v) is 6.95. The Morgan fingerprint density at radius 1 is 1.45 bits per heavy atom. The minimum absolute atomic E-state index is 0.368. The second kappa shape index (κ2) is 4.70. The van der Waals surface area contributed by atoms with Gasteiger partial charge in [-0.3, -0.25) is 0 Å². The summed E-state index contributed by atoms with van der Waals surface area (Å²) in [5.41, 5.74) is 0. The monoisotopic (exact) mass is 160 g/mol. The molecule has 0 radical (unpaired) electrons. The third-order valence-corrected chi connectivity index (χ3v) is 1.94. The van der Waals surface area contributed by atoms with E-state index in [4.69, 9.17) is 14.6 Å². The molecule has 1 aliphatic carbocycles. The first kappa shape index (κ1) is 8.97. The Balaban J connectivity index is 1.92. The van der Waals surface area contributed by atoms with Crippen LogP contribution in [0.5, 0.6) is 0 Å². The molecular weight excluding hydrogens is 144 g/mol. The maximum Gasteiger partial charge on any atom is 0.101 e. The number of methoxy groups -OCH3 is 1. The molecule has 1 atom stereocenters. The van der Waals surface area contributed by atoms with Gasteiger partial charge in [-0.25, -0.2) is 0 Å². The summed E-state index contributed by atoms with van der Waals surface area (Å²) < 4.78 is 10.1. The molecule has 1 unspecified atom stereocenters. The van der Waals surface area contributed by atoms with Crippen molar-refractivity contribution in [3.8, 4) is 0 Å². The lowest BCUT2D eigenvalue weighted by Crippen LogP contribution is -2.28. The average Bonchev–Trinajstić information content (AvgIpc) is 1.85. The van der Waals surface area contributed by atoms with Crippen molar-refractivity contribution < 1.29 is 14.6 Å². The Labute approximate surface area is 67.3 Å². The highest BCUT2D eigenvalue weighted by molar-refractivity contribution is 4.69. The number of ether oxygens (including phenoxy) is 2. The molecule has 0 aromatic heterocycles. The molecule has 3 heteroatoms. The van der Waals surface area contributed by atoms with Gasteiger partial charge in [0.15, 0.2) is 0 Å². The van der Waals surface area contributed by atoms with Gasteiger partial charge in [0, 0.05) is 7.11 Å². The van der Waals surface area contributed by atoms with Crippen LogP contribution in [-0.4, -0.2) is 37.6 Å². The van der Waals surface area contributed by atoms with Crippen LogP contribution in [0.4, 0.5) is 0 Å². The fourth-order valence-corrected chi connectivity index (χ4v) is 1.03. The van der Waals surface area contributed by atoms with Crippen molar-refractivity contribution in [3.05, 3.63) is 0 Å². The summed E-state index contributed by atoms with van der Waals surface area (Å²) in [6, 6.07) is 0. The van der Waals surface area contributed by atoms with Gasteiger partial charge >= 0.3 is 0 Å². The summed E-state index contributed by atoms with van der Waals surface area (Å²) in [4.78, 5) is 0. The molecule has 1 fully saturated rings.